The molecule has 0 aliphatic carbocycles. The summed E-state index contributed by atoms with van der Waals surface area (Å²) in [6, 6.07) is 8.64. The summed E-state index contributed by atoms with van der Waals surface area (Å²) in [5.74, 6) is -0.477. The number of nitrogens with one attached hydrogen (secondary N) is 2. The molecule has 1 rings (SSSR count). The summed E-state index contributed by atoms with van der Waals surface area (Å²) in [4.78, 5) is 24.1. The number of rotatable bonds is 7. The molecule has 23 heavy (non-hydrogen) atoms. The van der Waals surface area contributed by atoms with Crippen molar-refractivity contribution in [2.45, 2.75) is 45.4 Å². The van der Waals surface area contributed by atoms with Crippen LogP contribution >= 0.6 is 0 Å². The van der Waals surface area contributed by atoms with E-state index in [4.69, 9.17) is 9.47 Å². The van der Waals surface area contributed by atoms with E-state index in [1.165, 1.54) is 0 Å². The van der Waals surface area contributed by atoms with Gasteiger partial charge in [0.05, 0.1) is 0 Å². The number of amides is 1. The van der Waals surface area contributed by atoms with E-state index in [0.717, 1.165) is 5.56 Å². The second-order valence-electron chi connectivity index (χ2n) is 6.18. The third-order valence-electron chi connectivity index (χ3n) is 2.88. The molecule has 1 amide bonds. The first kappa shape index (κ1) is 19.0. The van der Waals surface area contributed by atoms with Gasteiger partial charge in [-0.1, -0.05) is 30.3 Å². The van der Waals surface area contributed by atoms with Crippen molar-refractivity contribution in [1.29, 1.82) is 0 Å². The van der Waals surface area contributed by atoms with Gasteiger partial charge in [0.25, 0.3) is 0 Å². The molecule has 0 heterocycles. The molecule has 0 unspecified atom stereocenters. The number of ether oxygens (including phenoxy) is 2. The summed E-state index contributed by atoms with van der Waals surface area (Å²) < 4.78 is 10.5. The molecule has 0 aliphatic rings. The second-order valence-corrected chi connectivity index (χ2v) is 6.18. The average Bonchev–Trinajstić information content (AvgIpc) is 2.48. The van der Waals surface area contributed by atoms with Crippen molar-refractivity contribution in [1.82, 2.24) is 10.6 Å². The Hall–Kier alpha value is -2.08. The molecule has 6 heteroatoms. The van der Waals surface area contributed by atoms with Gasteiger partial charge in [0.15, 0.2) is 0 Å². The lowest BCUT2D eigenvalue weighted by molar-refractivity contribution is -0.147. The largest absolute Gasteiger partial charge is 0.459 e. The molecule has 0 aromatic heterocycles. The van der Waals surface area contributed by atoms with Crippen molar-refractivity contribution in [3.63, 3.8) is 0 Å². The lowest BCUT2D eigenvalue weighted by Gasteiger charge is -2.23. The van der Waals surface area contributed by atoms with Gasteiger partial charge in [-0.15, -0.1) is 0 Å². The fourth-order valence-electron chi connectivity index (χ4n) is 1.82. The third-order valence-corrected chi connectivity index (χ3v) is 2.88. The van der Waals surface area contributed by atoms with Gasteiger partial charge in [0.2, 0.25) is 0 Å². The SMILES string of the molecule is CNCC[C@H](NC(=O)OC(C)(C)C)C(=O)OCc1ccccc1. The summed E-state index contributed by atoms with van der Waals surface area (Å²) in [7, 11) is 1.78. The standard InChI is InChI=1S/C17H26N2O4/c1-17(2,3)23-16(21)19-14(10-11-18-4)15(20)22-12-13-8-6-5-7-9-13/h5-9,14,18H,10-12H2,1-4H3,(H,19,21)/t14-/m0/s1. The number of esters is 1. The predicted octanol–water partition coefficient (Wildman–Crippen LogP) is 2.23. The maximum Gasteiger partial charge on any atom is 0.408 e. The van der Waals surface area contributed by atoms with Crippen LogP contribution in [0.3, 0.4) is 0 Å². The number of benzene rings is 1. The van der Waals surface area contributed by atoms with Crippen LogP contribution < -0.4 is 10.6 Å². The molecule has 1 aromatic rings. The molecule has 2 N–H and O–H groups in total. The molecule has 1 aromatic carbocycles. The van der Waals surface area contributed by atoms with Crippen LogP contribution in [0.25, 0.3) is 0 Å². The Morgan fingerprint density at radius 3 is 2.39 bits per heavy atom. The van der Waals surface area contributed by atoms with Crippen LogP contribution in [0.4, 0.5) is 4.79 Å². The van der Waals surface area contributed by atoms with Gasteiger partial charge >= 0.3 is 12.1 Å². The molecular weight excluding hydrogens is 296 g/mol. The Kier molecular flexibility index (Phi) is 7.54. The first-order valence-corrected chi connectivity index (χ1v) is 7.66. The van der Waals surface area contributed by atoms with Gasteiger partial charge in [-0.25, -0.2) is 9.59 Å². The minimum absolute atomic E-state index is 0.172. The molecular formula is C17H26N2O4. The lowest BCUT2D eigenvalue weighted by Crippen LogP contribution is -2.45. The minimum atomic E-state index is -0.749. The first-order valence-electron chi connectivity index (χ1n) is 7.66. The van der Waals surface area contributed by atoms with E-state index >= 15 is 0 Å². The fraction of sp³-hybridized carbons (Fsp3) is 0.529. The zero-order valence-electron chi connectivity index (χ0n) is 14.2. The Labute approximate surface area is 137 Å². The minimum Gasteiger partial charge on any atom is -0.459 e. The second kappa shape index (κ2) is 9.15. The smallest absolute Gasteiger partial charge is 0.408 e. The van der Waals surface area contributed by atoms with Crippen molar-refractivity contribution in [3.8, 4) is 0 Å². The molecule has 0 saturated carbocycles. The van der Waals surface area contributed by atoms with E-state index in [-0.39, 0.29) is 6.61 Å². The number of hydrogen-bond donors (Lipinski definition) is 2. The van der Waals surface area contributed by atoms with Gasteiger partial charge in [-0.2, -0.15) is 0 Å². The summed E-state index contributed by atoms with van der Waals surface area (Å²) in [6.07, 6.45) is -0.209. The molecule has 0 bridgehead atoms. The monoisotopic (exact) mass is 322 g/mol. The van der Waals surface area contributed by atoms with E-state index < -0.39 is 23.7 Å². The molecule has 0 saturated heterocycles. The van der Waals surface area contributed by atoms with Gasteiger partial charge in [0, 0.05) is 0 Å². The summed E-state index contributed by atoms with van der Waals surface area (Å²) in [6.45, 7) is 6.04. The molecule has 128 valence electrons. The lowest BCUT2D eigenvalue weighted by atomic mass is 10.2. The molecule has 1 atom stereocenters. The third kappa shape index (κ3) is 8.21. The van der Waals surface area contributed by atoms with Gasteiger partial charge in [0.1, 0.15) is 18.2 Å². The van der Waals surface area contributed by atoms with Crippen molar-refractivity contribution in [2.75, 3.05) is 13.6 Å². The van der Waals surface area contributed by atoms with E-state index in [1.807, 2.05) is 30.3 Å². The summed E-state index contributed by atoms with van der Waals surface area (Å²) in [5.41, 5.74) is 0.275. The van der Waals surface area contributed by atoms with Gasteiger partial charge in [-0.05, 0) is 46.3 Å². The molecule has 0 spiro atoms. The highest BCUT2D eigenvalue weighted by molar-refractivity contribution is 5.81. The highest BCUT2D eigenvalue weighted by Crippen LogP contribution is 2.08. The first-order chi connectivity index (χ1) is 10.8. The van der Waals surface area contributed by atoms with Gasteiger partial charge in [-0.3, -0.25) is 0 Å². The highest BCUT2D eigenvalue weighted by Gasteiger charge is 2.25. The molecule has 0 radical (unpaired) electrons. The van der Waals surface area contributed by atoms with Crippen LogP contribution in [0, 0.1) is 0 Å². The molecule has 0 fully saturated rings. The zero-order chi connectivity index (χ0) is 17.3. The Balaban J connectivity index is 2.57. The quantitative estimate of drug-likeness (QED) is 0.753. The van der Waals surface area contributed by atoms with Crippen LogP contribution in [0.1, 0.15) is 32.8 Å². The topological polar surface area (TPSA) is 76.7 Å². The number of carbonyl (C=O) groups is 2. The maximum atomic E-state index is 12.2. The Morgan fingerprint density at radius 1 is 1.17 bits per heavy atom. The fourth-order valence-corrected chi connectivity index (χ4v) is 1.82. The summed E-state index contributed by atoms with van der Waals surface area (Å²) in [5, 5.41) is 5.52. The number of hydrogen-bond acceptors (Lipinski definition) is 5. The van der Waals surface area contributed by atoms with E-state index in [2.05, 4.69) is 10.6 Å². The zero-order valence-corrected chi connectivity index (χ0v) is 14.2. The maximum absolute atomic E-state index is 12.2. The van der Waals surface area contributed by atoms with Crippen LogP contribution in [0.2, 0.25) is 0 Å². The number of alkyl carbamates (subject to hydrolysis) is 1. The average molecular weight is 322 g/mol. The van der Waals surface area contributed by atoms with E-state index in [0.29, 0.717) is 13.0 Å². The van der Waals surface area contributed by atoms with Gasteiger partial charge < -0.3 is 20.1 Å². The van der Waals surface area contributed by atoms with Crippen molar-refractivity contribution in [3.05, 3.63) is 35.9 Å². The van der Waals surface area contributed by atoms with E-state index in [9.17, 15) is 9.59 Å². The molecule has 6 nitrogen and oxygen atoms in total. The normalized spacial score (nSPS) is 12.3. The summed E-state index contributed by atoms with van der Waals surface area (Å²) >= 11 is 0. The van der Waals surface area contributed by atoms with Crippen LogP contribution in [0.5, 0.6) is 0 Å². The number of carbonyl (C=O) groups excluding carboxylic acids is 2. The van der Waals surface area contributed by atoms with Crippen molar-refractivity contribution in [2.24, 2.45) is 0 Å². The van der Waals surface area contributed by atoms with Crippen LogP contribution in [-0.4, -0.2) is 37.3 Å². The highest BCUT2D eigenvalue weighted by atomic mass is 16.6. The van der Waals surface area contributed by atoms with Crippen molar-refractivity contribution >= 4 is 12.1 Å². The van der Waals surface area contributed by atoms with Crippen molar-refractivity contribution < 1.29 is 19.1 Å². The van der Waals surface area contributed by atoms with E-state index in [1.54, 1.807) is 27.8 Å². The Bertz CT molecular complexity index is 497. The Morgan fingerprint density at radius 2 is 1.83 bits per heavy atom. The van der Waals surface area contributed by atoms with Crippen LogP contribution in [0.15, 0.2) is 30.3 Å². The molecule has 0 aliphatic heterocycles. The predicted molar refractivity (Wildman–Crippen MR) is 87.9 cm³/mol. The van der Waals surface area contributed by atoms with Crippen LogP contribution in [-0.2, 0) is 20.9 Å².